The zero-order valence-electron chi connectivity index (χ0n) is 13.7. The van der Waals surface area contributed by atoms with Crippen molar-refractivity contribution in [3.63, 3.8) is 0 Å². The number of carbonyl (C=O) groups excluding carboxylic acids is 2. The first-order valence-electron chi connectivity index (χ1n) is 7.72. The van der Waals surface area contributed by atoms with Crippen LogP contribution in [0.4, 0.5) is 0 Å². The van der Waals surface area contributed by atoms with Crippen LogP contribution in [-0.4, -0.2) is 23.5 Å². The number of thioether (sulfide) groups is 1. The normalized spacial score (nSPS) is 11.9. The molecule has 0 atom stereocenters. The Balaban J connectivity index is 2.23. The Morgan fingerprint density at radius 1 is 1.00 bits per heavy atom. The smallest absolute Gasteiger partial charge is 0.344 e. The molecule has 0 unspecified atom stereocenters. The van der Waals surface area contributed by atoms with E-state index in [0.717, 1.165) is 4.90 Å². The van der Waals surface area contributed by atoms with Gasteiger partial charge in [0.1, 0.15) is 0 Å². The number of benzene rings is 2. The van der Waals surface area contributed by atoms with Crippen LogP contribution in [-0.2, 0) is 9.53 Å². The van der Waals surface area contributed by atoms with Crippen molar-refractivity contribution in [2.75, 3.05) is 6.61 Å². The van der Waals surface area contributed by atoms with E-state index in [1.54, 1.807) is 37.3 Å². The molecule has 0 bridgehead atoms. The van der Waals surface area contributed by atoms with Gasteiger partial charge in [-0.2, -0.15) is 0 Å². The van der Waals surface area contributed by atoms with Gasteiger partial charge in [0, 0.05) is 10.5 Å². The van der Waals surface area contributed by atoms with Gasteiger partial charge in [0.25, 0.3) is 0 Å². The van der Waals surface area contributed by atoms with Gasteiger partial charge in [0.2, 0.25) is 5.78 Å². The lowest BCUT2D eigenvalue weighted by atomic mass is 10.1. The average molecular weight is 354 g/mol. The fourth-order valence-electron chi connectivity index (χ4n) is 1.93. The minimum Gasteiger partial charge on any atom is -0.504 e. The minimum atomic E-state index is -0.509. The van der Waals surface area contributed by atoms with Crippen LogP contribution in [0.1, 0.15) is 17.3 Å². The Labute approximate surface area is 150 Å². The van der Waals surface area contributed by atoms with Crippen LogP contribution >= 0.6 is 11.8 Å². The first-order valence-corrected chi connectivity index (χ1v) is 8.54. The van der Waals surface area contributed by atoms with E-state index in [0.29, 0.717) is 5.56 Å². The Morgan fingerprint density at radius 3 is 2.20 bits per heavy atom. The summed E-state index contributed by atoms with van der Waals surface area (Å²) in [4.78, 5) is 25.4. The van der Waals surface area contributed by atoms with Gasteiger partial charge in [-0.05, 0) is 31.2 Å². The van der Waals surface area contributed by atoms with Crippen molar-refractivity contribution in [2.24, 2.45) is 0 Å². The van der Waals surface area contributed by atoms with Crippen molar-refractivity contribution in [1.29, 1.82) is 0 Å². The molecular weight excluding hydrogens is 336 g/mol. The highest BCUT2D eigenvalue weighted by atomic mass is 32.2. The zero-order chi connectivity index (χ0) is 18.1. The molecular formula is C20H18O4S. The SMILES string of the molecule is CCOC(=O)C(=CC=C(O)C(=O)c1ccccc1)Sc1ccccc1. The number of allylic oxidation sites excluding steroid dienone is 3. The summed E-state index contributed by atoms with van der Waals surface area (Å²) in [6.45, 7) is 1.96. The maximum atomic E-state index is 12.1. The summed E-state index contributed by atoms with van der Waals surface area (Å²) in [6, 6.07) is 17.7. The van der Waals surface area contributed by atoms with Crippen LogP contribution in [0.15, 0.2) is 88.4 Å². The number of aliphatic hydroxyl groups excluding tert-OH is 1. The third-order valence-electron chi connectivity index (χ3n) is 3.11. The summed E-state index contributed by atoms with van der Waals surface area (Å²) < 4.78 is 5.03. The average Bonchev–Trinajstić information content (AvgIpc) is 2.66. The molecule has 5 heteroatoms. The molecule has 0 amide bonds. The van der Waals surface area contributed by atoms with Crippen molar-refractivity contribution < 1.29 is 19.4 Å². The Morgan fingerprint density at radius 2 is 1.60 bits per heavy atom. The lowest BCUT2D eigenvalue weighted by Crippen LogP contribution is -2.06. The Hall–Kier alpha value is -2.79. The van der Waals surface area contributed by atoms with E-state index in [4.69, 9.17) is 4.74 Å². The highest BCUT2D eigenvalue weighted by molar-refractivity contribution is 8.04. The van der Waals surface area contributed by atoms with E-state index in [2.05, 4.69) is 0 Å². The number of hydrogen-bond acceptors (Lipinski definition) is 5. The number of aliphatic hydroxyl groups is 1. The van der Waals surface area contributed by atoms with Crippen LogP contribution in [0, 0.1) is 0 Å². The molecule has 0 fully saturated rings. The molecule has 0 radical (unpaired) electrons. The third-order valence-corrected chi connectivity index (χ3v) is 4.14. The van der Waals surface area contributed by atoms with E-state index in [1.807, 2.05) is 30.3 Å². The first kappa shape index (κ1) is 18.5. The monoisotopic (exact) mass is 354 g/mol. The van der Waals surface area contributed by atoms with Crippen molar-refractivity contribution in [1.82, 2.24) is 0 Å². The second kappa shape index (κ2) is 9.49. The molecule has 0 spiro atoms. The van der Waals surface area contributed by atoms with E-state index >= 15 is 0 Å². The lowest BCUT2D eigenvalue weighted by Gasteiger charge is -2.06. The highest BCUT2D eigenvalue weighted by Crippen LogP contribution is 2.27. The predicted molar refractivity (Wildman–Crippen MR) is 98.5 cm³/mol. The Bertz CT molecular complexity index is 780. The predicted octanol–water partition coefficient (Wildman–Crippen LogP) is 4.55. The van der Waals surface area contributed by atoms with Gasteiger partial charge < -0.3 is 9.84 Å². The summed E-state index contributed by atoms with van der Waals surface area (Å²) in [5.74, 6) is -1.46. The first-order chi connectivity index (χ1) is 12.1. The summed E-state index contributed by atoms with van der Waals surface area (Å²) in [5, 5.41) is 10.0. The highest BCUT2D eigenvalue weighted by Gasteiger charge is 2.14. The number of Topliss-reactive ketones (excluding diaryl/α,β-unsaturated/α-hetero) is 1. The lowest BCUT2D eigenvalue weighted by molar-refractivity contribution is -0.137. The summed E-state index contributed by atoms with van der Waals surface area (Å²) in [7, 11) is 0. The van der Waals surface area contributed by atoms with Crippen LogP contribution in [0.25, 0.3) is 0 Å². The standard InChI is InChI=1S/C20H18O4S/c1-2-24-20(23)18(25-16-11-7-4-8-12-16)14-13-17(21)19(22)15-9-5-3-6-10-15/h3-14,21H,2H2,1H3. The van der Waals surface area contributed by atoms with Crippen LogP contribution in [0.5, 0.6) is 0 Å². The van der Waals surface area contributed by atoms with Crippen molar-refractivity contribution >= 4 is 23.5 Å². The molecule has 4 nitrogen and oxygen atoms in total. The summed E-state index contributed by atoms with van der Waals surface area (Å²) >= 11 is 1.21. The molecule has 0 saturated heterocycles. The van der Waals surface area contributed by atoms with E-state index in [-0.39, 0.29) is 11.5 Å². The number of hydrogen-bond donors (Lipinski definition) is 1. The van der Waals surface area contributed by atoms with Gasteiger partial charge in [-0.15, -0.1) is 0 Å². The van der Waals surface area contributed by atoms with Crippen LogP contribution in [0.2, 0.25) is 0 Å². The number of rotatable bonds is 7. The summed E-state index contributed by atoms with van der Waals surface area (Å²) in [6.07, 6.45) is 2.61. The second-order valence-corrected chi connectivity index (χ2v) is 6.03. The Kier molecular flexibility index (Phi) is 7.04. The molecule has 128 valence electrons. The topological polar surface area (TPSA) is 63.6 Å². The number of carbonyl (C=O) groups is 2. The quantitative estimate of drug-likeness (QED) is 0.197. The molecule has 0 aliphatic carbocycles. The van der Waals surface area contributed by atoms with Gasteiger partial charge in [-0.3, -0.25) is 4.79 Å². The van der Waals surface area contributed by atoms with Gasteiger partial charge in [0.05, 0.1) is 11.5 Å². The zero-order valence-corrected chi connectivity index (χ0v) is 14.5. The molecule has 2 aromatic rings. The molecule has 1 N–H and O–H groups in total. The third kappa shape index (κ3) is 5.65. The van der Waals surface area contributed by atoms with Crippen molar-refractivity contribution in [3.05, 3.63) is 89.0 Å². The number of ketones is 1. The molecule has 25 heavy (non-hydrogen) atoms. The fraction of sp³-hybridized carbons (Fsp3) is 0.100. The maximum Gasteiger partial charge on any atom is 0.344 e. The molecule has 0 heterocycles. The minimum absolute atomic E-state index is 0.240. The number of esters is 1. The summed E-state index contributed by atoms with van der Waals surface area (Å²) in [5.41, 5.74) is 0.373. The van der Waals surface area contributed by atoms with Gasteiger partial charge >= 0.3 is 5.97 Å². The number of ether oxygens (including phenoxy) is 1. The van der Waals surface area contributed by atoms with Crippen LogP contribution in [0.3, 0.4) is 0 Å². The van der Waals surface area contributed by atoms with Gasteiger partial charge in [-0.25, -0.2) is 4.79 Å². The van der Waals surface area contributed by atoms with Crippen LogP contribution < -0.4 is 0 Å². The molecule has 0 aliphatic rings. The second-order valence-electron chi connectivity index (χ2n) is 4.91. The van der Waals surface area contributed by atoms with E-state index in [1.165, 1.54) is 23.9 Å². The fourth-order valence-corrected chi connectivity index (χ4v) is 2.75. The van der Waals surface area contributed by atoms with Gasteiger partial charge in [0.15, 0.2) is 5.76 Å². The largest absolute Gasteiger partial charge is 0.504 e. The molecule has 0 saturated carbocycles. The van der Waals surface area contributed by atoms with E-state index < -0.39 is 17.5 Å². The molecule has 0 aromatic heterocycles. The molecule has 2 aromatic carbocycles. The van der Waals surface area contributed by atoms with Crippen molar-refractivity contribution in [2.45, 2.75) is 11.8 Å². The maximum absolute atomic E-state index is 12.1. The molecule has 0 aliphatic heterocycles. The van der Waals surface area contributed by atoms with Gasteiger partial charge in [-0.1, -0.05) is 60.3 Å². The van der Waals surface area contributed by atoms with E-state index in [9.17, 15) is 14.7 Å². The molecule has 2 rings (SSSR count). The van der Waals surface area contributed by atoms with Crippen molar-refractivity contribution in [3.8, 4) is 0 Å².